The number of nitrogens with one attached hydrogen (secondary N) is 3. The maximum atomic E-state index is 13.4. The number of carbonyl (C=O) groups is 2. The zero-order valence-corrected chi connectivity index (χ0v) is 21.9. The maximum absolute atomic E-state index is 13.4. The average molecular weight is 528 g/mol. The third-order valence-corrected chi connectivity index (χ3v) is 6.51. The maximum Gasteiger partial charge on any atom is 0.338 e. The Kier molecular flexibility index (Phi) is 7.46. The number of nitrogens with zero attached hydrogens (tertiary/aromatic N) is 2. The van der Waals surface area contributed by atoms with Gasteiger partial charge in [-0.2, -0.15) is 4.94 Å². The molecule has 10 nitrogen and oxygen atoms in total. The number of hydrogen-bond donors (Lipinski definition) is 3. The third kappa shape index (κ3) is 5.41. The van der Waals surface area contributed by atoms with Gasteiger partial charge >= 0.3 is 11.9 Å². The topological polar surface area (TPSA) is 118 Å². The van der Waals surface area contributed by atoms with E-state index in [1.165, 1.54) is 12.2 Å². The summed E-state index contributed by atoms with van der Waals surface area (Å²) in [6.45, 7) is 3.56. The van der Waals surface area contributed by atoms with Crippen LogP contribution in [-0.2, 0) is 30.4 Å². The number of dihydropyridines is 1. The first kappa shape index (κ1) is 25.8. The molecular weight excluding hydrogens is 498 g/mol. The molecular formula is C29H29N5O5. The Morgan fingerprint density at radius 3 is 2.51 bits per heavy atom. The van der Waals surface area contributed by atoms with Gasteiger partial charge in [0.05, 0.1) is 29.6 Å². The van der Waals surface area contributed by atoms with Crippen LogP contribution in [0.25, 0.3) is 6.08 Å². The van der Waals surface area contributed by atoms with Gasteiger partial charge in [-0.05, 0) is 43.2 Å². The molecule has 2 aliphatic heterocycles. The van der Waals surface area contributed by atoms with Gasteiger partial charge in [0.25, 0.3) is 0 Å². The van der Waals surface area contributed by atoms with Gasteiger partial charge in [0.2, 0.25) is 0 Å². The van der Waals surface area contributed by atoms with Gasteiger partial charge in [-0.15, -0.1) is 0 Å². The monoisotopic (exact) mass is 527 g/mol. The Morgan fingerprint density at radius 2 is 1.79 bits per heavy atom. The lowest BCUT2D eigenvalue weighted by atomic mass is 9.91. The van der Waals surface area contributed by atoms with Gasteiger partial charge in [0.1, 0.15) is 18.5 Å². The summed E-state index contributed by atoms with van der Waals surface area (Å²) in [5.41, 5.74) is 7.94. The summed E-state index contributed by atoms with van der Waals surface area (Å²) >= 11 is 0. The normalized spacial score (nSPS) is 16.7. The van der Waals surface area contributed by atoms with Crippen molar-refractivity contribution in [2.45, 2.75) is 26.3 Å². The number of anilines is 2. The van der Waals surface area contributed by atoms with Crippen molar-refractivity contribution < 1.29 is 24.0 Å². The molecule has 200 valence electrons. The van der Waals surface area contributed by atoms with Crippen LogP contribution in [0.15, 0.2) is 89.5 Å². The number of carbonyl (C=O) groups excluding carboxylic acids is 2. The molecule has 1 unspecified atom stereocenters. The van der Waals surface area contributed by atoms with Crippen LogP contribution >= 0.6 is 0 Å². The van der Waals surface area contributed by atoms with Crippen molar-refractivity contribution in [1.29, 1.82) is 0 Å². The number of fused-ring (bicyclic) bond motifs is 1. The molecule has 3 heterocycles. The molecule has 0 amide bonds. The van der Waals surface area contributed by atoms with E-state index in [-0.39, 0.29) is 17.8 Å². The Hall–Kier alpha value is -4.83. The highest BCUT2D eigenvalue weighted by Crippen LogP contribution is 2.39. The number of esters is 2. The van der Waals surface area contributed by atoms with Crippen LogP contribution in [-0.4, -0.2) is 41.7 Å². The van der Waals surface area contributed by atoms with Crippen molar-refractivity contribution in [3.63, 3.8) is 0 Å². The zero-order chi connectivity index (χ0) is 27.4. The fourth-order valence-corrected chi connectivity index (χ4v) is 4.66. The highest BCUT2D eigenvalue weighted by Gasteiger charge is 2.43. The van der Waals surface area contributed by atoms with Gasteiger partial charge in [0.15, 0.2) is 0 Å². The van der Waals surface area contributed by atoms with Gasteiger partial charge in [-0.3, -0.25) is 0 Å². The van der Waals surface area contributed by atoms with E-state index in [0.717, 1.165) is 23.4 Å². The molecule has 2 aromatic carbocycles. The van der Waals surface area contributed by atoms with Crippen molar-refractivity contribution in [2.24, 2.45) is 0 Å². The van der Waals surface area contributed by atoms with E-state index in [1.807, 2.05) is 54.6 Å². The van der Waals surface area contributed by atoms with Crippen LogP contribution in [0, 0.1) is 0 Å². The molecule has 39 heavy (non-hydrogen) atoms. The lowest BCUT2D eigenvalue weighted by Gasteiger charge is -2.34. The quantitative estimate of drug-likeness (QED) is 0.373. The number of hydrogen-bond acceptors (Lipinski definition) is 9. The number of methoxy groups -OCH3 is 1. The number of imidazole rings is 1. The van der Waals surface area contributed by atoms with E-state index in [4.69, 9.17) is 14.4 Å². The van der Waals surface area contributed by atoms with Crippen LogP contribution in [0.5, 0.6) is 0 Å². The number of benzene rings is 2. The highest BCUT2D eigenvalue weighted by atomic mass is 16.8. The third-order valence-electron chi connectivity index (χ3n) is 6.51. The molecule has 0 bridgehead atoms. The molecule has 0 spiro atoms. The molecule has 1 atom stereocenters. The van der Waals surface area contributed by atoms with Gasteiger partial charge in [-0.1, -0.05) is 42.5 Å². The number of rotatable bonds is 8. The molecule has 0 fully saturated rings. The number of ether oxygens (including phenoxy) is 2. The lowest BCUT2D eigenvalue weighted by Crippen LogP contribution is -2.46. The fourth-order valence-electron chi connectivity index (χ4n) is 4.66. The molecule has 0 saturated heterocycles. The van der Waals surface area contributed by atoms with Crippen LogP contribution in [0.4, 0.5) is 11.4 Å². The van der Waals surface area contributed by atoms with Crippen molar-refractivity contribution in [3.05, 3.63) is 106 Å². The van der Waals surface area contributed by atoms with Crippen LogP contribution < -0.4 is 15.9 Å². The first-order chi connectivity index (χ1) is 19.0. The highest BCUT2D eigenvalue weighted by molar-refractivity contribution is 6.00. The molecule has 3 N–H and O–H groups in total. The average Bonchev–Trinajstić information content (AvgIpc) is 3.61. The Bertz CT molecular complexity index is 1460. The lowest BCUT2D eigenvalue weighted by molar-refractivity contribution is -0.138. The number of allylic oxidation sites excluding steroid dienone is 2. The standard InChI is InChI=1S/C29H29N5O5/c1-18-25(28(35)37-3)27(34-23-9-5-4-8-22(23)33-39-34)26(19(2)32-18)29(36)38-16-6-7-20-10-12-21(13-11-20)17-24-30-14-15-31-24/h4-15,27,32-33H,16-17H2,1-3H3,(H,30,31). The molecule has 5 rings (SSSR count). The number of H-pyrrole nitrogens is 1. The summed E-state index contributed by atoms with van der Waals surface area (Å²) in [4.78, 5) is 39.4. The van der Waals surface area contributed by atoms with E-state index in [1.54, 1.807) is 32.3 Å². The second-order valence-electron chi connectivity index (χ2n) is 9.09. The summed E-state index contributed by atoms with van der Waals surface area (Å²) in [6.07, 6.45) is 7.92. The molecule has 0 saturated carbocycles. The molecule has 3 aromatic rings. The molecule has 1 aromatic heterocycles. The van der Waals surface area contributed by atoms with Crippen molar-refractivity contribution >= 4 is 29.4 Å². The SMILES string of the molecule is COC(=O)C1=C(C)NC(C)=C(C(=O)OCC=Cc2ccc(Cc3ncc[nH]3)cc2)C1N1ONc2ccccc21. The summed E-state index contributed by atoms with van der Waals surface area (Å²) < 4.78 is 10.7. The van der Waals surface area contributed by atoms with E-state index < -0.39 is 18.0 Å². The minimum Gasteiger partial charge on any atom is -0.466 e. The largest absolute Gasteiger partial charge is 0.466 e. The predicted molar refractivity (Wildman–Crippen MR) is 146 cm³/mol. The number of hydroxylamine groups is 1. The minimum absolute atomic E-state index is 0.0441. The van der Waals surface area contributed by atoms with E-state index in [0.29, 0.717) is 22.8 Å². The van der Waals surface area contributed by atoms with Crippen LogP contribution in [0.1, 0.15) is 30.8 Å². The van der Waals surface area contributed by atoms with Crippen LogP contribution in [0.3, 0.4) is 0 Å². The predicted octanol–water partition coefficient (Wildman–Crippen LogP) is 4.03. The van der Waals surface area contributed by atoms with Crippen molar-refractivity contribution in [2.75, 3.05) is 24.3 Å². The van der Waals surface area contributed by atoms with Gasteiger partial charge in [0, 0.05) is 30.2 Å². The summed E-state index contributed by atoms with van der Waals surface area (Å²) in [5, 5.41) is 4.61. The number of para-hydroxylation sites is 2. The molecule has 2 aliphatic rings. The zero-order valence-electron chi connectivity index (χ0n) is 21.9. The van der Waals surface area contributed by atoms with E-state index in [9.17, 15) is 9.59 Å². The van der Waals surface area contributed by atoms with Crippen molar-refractivity contribution in [3.8, 4) is 0 Å². The van der Waals surface area contributed by atoms with Crippen LogP contribution in [0.2, 0.25) is 0 Å². The second kappa shape index (κ2) is 11.3. The minimum atomic E-state index is -0.895. The number of aromatic amines is 1. The summed E-state index contributed by atoms with van der Waals surface area (Å²) in [7, 11) is 1.30. The van der Waals surface area contributed by atoms with Gasteiger partial charge < -0.3 is 19.8 Å². The molecule has 0 radical (unpaired) electrons. The Morgan fingerprint density at radius 1 is 1.05 bits per heavy atom. The molecule has 0 aliphatic carbocycles. The Labute approximate surface area is 225 Å². The molecule has 10 heteroatoms. The fraction of sp³-hybridized carbons (Fsp3) is 0.207. The summed E-state index contributed by atoms with van der Waals surface area (Å²) in [5.74, 6) is -0.249. The first-order valence-corrected chi connectivity index (χ1v) is 12.4. The number of aromatic nitrogens is 2. The Balaban J connectivity index is 1.31. The summed E-state index contributed by atoms with van der Waals surface area (Å²) in [6, 6.07) is 14.5. The first-order valence-electron chi connectivity index (χ1n) is 12.4. The second-order valence-corrected chi connectivity index (χ2v) is 9.09. The van der Waals surface area contributed by atoms with E-state index >= 15 is 0 Å². The van der Waals surface area contributed by atoms with Gasteiger partial charge in [-0.25, -0.2) is 25.1 Å². The van der Waals surface area contributed by atoms with E-state index in [2.05, 4.69) is 20.8 Å². The van der Waals surface area contributed by atoms with Crippen molar-refractivity contribution in [1.82, 2.24) is 15.3 Å². The smallest absolute Gasteiger partial charge is 0.338 e.